The smallest absolute Gasteiger partial charge is 0.243 e. The Kier molecular flexibility index (Phi) is 6.34. The van der Waals surface area contributed by atoms with Crippen LogP contribution >= 0.6 is 11.3 Å². The summed E-state index contributed by atoms with van der Waals surface area (Å²) < 4.78 is 27.4. The quantitative estimate of drug-likeness (QED) is 0.789. The molecule has 146 valence electrons. The zero-order valence-corrected chi connectivity index (χ0v) is 17.4. The van der Waals surface area contributed by atoms with E-state index in [1.807, 2.05) is 17.5 Å². The first-order valence-corrected chi connectivity index (χ1v) is 11.6. The first kappa shape index (κ1) is 20.0. The van der Waals surface area contributed by atoms with Crippen molar-refractivity contribution in [3.63, 3.8) is 0 Å². The lowest BCUT2D eigenvalue weighted by molar-refractivity contribution is -0.116. The van der Waals surface area contributed by atoms with E-state index in [9.17, 15) is 13.2 Å². The second kappa shape index (κ2) is 8.54. The van der Waals surface area contributed by atoms with Crippen molar-refractivity contribution >= 4 is 33.0 Å². The molecule has 2 atom stereocenters. The van der Waals surface area contributed by atoms with E-state index in [-0.39, 0.29) is 10.8 Å². The number of sulfonamides is 1. The number of carbonyl (C=O) groups is 1. The van der Waals surface area contributed by atoms with E-state index in [0.717, 1.165) is 6.42 Å². The number of nitrogens with zero attached hydrogens (tertiary/aromatic N) is 1. The summed E-state index contributed by atoms with van der Waals surface area (Å²) in [7, 11) is -3.49. The number of piperidine rings is 1. The Bertz CT molecular complexity index is 851. The Hall–Kier alpha value is -1.70. The second-order valence-corrected chi connectivity index (χ2v) is 10.4. The van der Waals surface area contributed by atoms with E-state index in [0.29, 0.717) is 43.5 Å². The number of carbonyl (C=O) groups excluding carboxylic acids is 1. The third-order valence-electron chi connectivity index (χ3n) is 4.79. The van der Waals surface area contributed by atoms with E-state index in [1.165, 1.54) is 4.88 Å². The summed E-state index contributed by atoms with van der Waals surface area (Å²) >= 11 is 1.64. The molecule has 1 saturated heterocycles. The maximum Gasteiger partial charge on any atom is 0.243 e. The van der Waals surface area contributed by atoms with Crippen molar-refractivity contribution in [2.24, 2.45) is 11.8 Å². The highest BCUT2D eigenvalue weighted by atomic mass is 32.2. The number of thiophene rings is 1. The van der Waals surface area contributed by atoms with Crippen molar-refractivity contribution < 1.29 is 13.2 Å². The Labute approximate surface area is 165 Å². The minimum atomic E-state index is -3.49. The predicted molar refractivity (Wildman–Crippen MR) is 109 cm³/mol. The van der Waals surface area contributed by atoms with Crippen LogP contribution in [-0.2, 0) is 21.2 Å². The summed E-state index contributed by atoms with van der Waals surface area (Å²) in [5.41, 5.74) is 0.616. The molecule has 1 amide bonds. The summed E-state index contributed by atoms with van der Waals surface area (Å²) in [5, 5.41) is 4.83. The summed E-state index contributed by atoms with van der Waals surface area (Å²) in [4.78, 5) is 13.5. The molecule has 1 aliphatic rings. The molecule has 2 aromatic rings. The Morgan fingerprint density at radius 3 is 2.41 bits per heavy atom. The molecule has 1 aromatic heterocycles. The molecule has 0 aliphatic carbocycles. The number of amides is 1. The lowest BCUT2D eigenvalue weighted by atomic mass is 9.94. The van der Waals surface area contributed by atoms with Gasteiger partial charge >= 0.3 is 0 Å². The minimum absolute atomic E-state index is 0.0716. The largest absolute Gasteiger partial charge is 0.326 e. The molecule has 0 spiro atoms. The van der Waals surface area contributed by atoms with Crippen LogP contribution in [0.15, 0.2) is 46.7 Å². The molecule has 0 bridgehead atoms. The van der Waals surface area contributed by atoms with Crippen LogP contribution in [0.5, 0.6) is 0 Å². The molecule has 0 radical (unpaired) electrons. The van der Waals surface area contributed by atoms with Crippen molar-refractivity contribution in [1.82, 2.24) is 4.31 Å². The van der Waals surface area contributed by atoms with Crippen LogP contribution in [0.25, 0.3) is 0 Å². The van der Waals surface area contributed by atoms with Crippen LogP contribution in [0.1, 0.15) is 31.6 Å². The molecule has 2 heterocycles. The van der Waals surface area contributed by atoms with Crippen molar-refractivity contribution in [3.05, 3.63) is 46.7 Å². The Morgan fingerprint density at radius 1 is 1.15 bits per heavy atom. The average Bonchev–Trinajstić information content (AvgIpc) is 3.13. The zero-order chi connectivity index (χ0) is 19.4. The predicted octanol–water partition coefficient (Wildman–Crippen LogP) is 3.99. The standard InChI is InChI=1S/C20H26N2O3S2/c1-15-12-16(2)14-22(13-15)27(24,25)19-8-5-17(6-9-19)21-20(23)10-7-18-4-3-11-26-18/h3-6,8-9,11,15-16H,7,10,12-14H2,1-2H3,(H,21,23)/t15-,16-/m0/s1. The molecule has 1 fully saturated rings. The van der Waals surface area contributed by atoms with Crippen molar-refractivity contribution in [1.29, 1.82) is 0 Å². The normalized spacial score (nSPS) is 21.1. The van der Waals surface area contributed by atoms with Crippen LogP contribution in [-0.4, -0.2) is 31.7 Å². The lowest BCUT2D eigenvalue weighted by Gasteiger charge is -2.34. The van der Waals surface area contributed by atoms with Gasteiger partial charge in [-0.25, -0.2) is 8.42 Å². The fourth-order valence-corrected chi connectivity index (χ4v) is 5.96. The van der Waals surface area contributed by atoms with Gasteiger partial charge in [0.1, 0.15) is 0 Å². The molecule has 0 saturated carbocycles. The number of hydrogen-bond acceptors (Lipinski definition) is 4. The van der Waals surface area contributed by atoms with Crippen LogP contribution in [0.4, 0.5) is 5.69 Å². The van der Waals surface area contributed by atoms with Crippen molar-refractivity contribution in [2.45, 2.75) is 38.0 Å². The molecule has 5 nitrogen and oxygen atoms in total. The molecule has 27 heavy (non-hydrogen) atoms. The van der Waals surface area contributed by atoms with Gasteiger partial charge in [-0.2, -0.15) is 4.31 Å². The molecule has 3 rings (SSSR count). The van der Waals surface area contributed by atoms with E-state index in [4.69, 9.17) is 0 Å². The Balaban J connectivity index is 1.61. The maximum atomic E-state index is 12.9. The van der Waals surface area contributed by atoms with E-state index in [1.54, 1.807) is 39.9 Å². The van der Waals surface area contributed by atoms with Crippen LogP contribution < -0.4 is 5.32 Å². The first-order chi connectivity index (χ1) is 12.8. The van der Waals surface area contributed by atoms with Gasteiger partial charge in [0.15, 0.2) is 0 Å². The zero-order valence-electron chi connectivity index (χ0n) is 15.7. The molecular formula is C20H26N2O3S2. The topological polar surface area (TPSA) is 66.5 Å². The van der Waals surface area contributed by atoms with Crippen LogP contribution in [0.3, 0.4) is 0 Å². The maximum absolute atomic E-state index is 12.9. The highest BCUT2D eigenvalue weighted by Gasteiger charge is 2.31. The highest BCUT2D eigenvalue weighted by Crippen LogP contribution is 2.27. The number of aryl methyl sites for hydroxylation is 1. The van der Waals surface area contributed by atoms with Gasteiger partial charge in [-0.05, 0) is 60.4 Å². The van der Waals surface area contributed by atoms with Gasteiger partial charge < -0.3 is 5.32 Å². The van der Waals surface area contributed by atoms with Gasteiger partial charge in [0, 0.05) is 30.1 Å². The molecule has 7 heteroatoms. The monoisotopic (exact) mass is 406 g/mol. The average molecular weight is 407 g/mol. The van der Waals surface area contributed by atoms with Crippen molar-refractivity contribution in [2.75, 3.05) is 18.4 Å². The van der Waals surface area contributed by atoms with Gasteiger partial charge in [-0.3, -0.25) is 4.79 Å². The minimum Gasteiger partial charge on any atom is -0.326 e. The molecule has 1 aromatic carbocycles. The van der Waals surface area contributed by atoms with E-state index < -0.39 is 10.0 Å². The molecule has 1 N–H and O–H groups in total. The van der Waals surface area contributed by atoms with Gasteiger partial charge in [0.25, 0.3) is 0 Å². The SMILES string of the molecule is C[C@H]1C[C@H](C)CN(S(=O)(=O)c2ccc(NC(=O)CCc3cccs3)cc2)C1. The number of anilines is 1. The Morgan fingerprint density at radius 2 is 1.81 bits per heavy atom. The van der Waals surface area contributed by atoms with Gasteiger partial charge in [0.05, 0.1) is 4.90 Å². The fourth-order valence-electron chi connectivity index (χ4n) is 3.58. The first-order valence-electron chi connectivity index (χ1n) is 9.27. The molecular weight excluding hydrogens is 380 g/mol. The van der Waals surface area contributed by atoms with Gasteiger partial charge in [-0.15, -0.1) is 11.3 Å². The fraction of sp³-hybridized carbons (Fsp3) is 0.450. The summed E-state index contributed by atoms with van der Waals surface area (Å²) in [6.45, 7) is 5.31. The lowest BCUT2D eigenvalue weighted by Crippen LogP contribution is -2.42. The number of hydrogen-bond donors (Lipinski definition) is 1. The third kappa shape index (κ3) is 5.18. The van der Waals surface area contributed by atoms with Crippen LogP contribution in [0, 0.1) is 11.8 Å². The molecule has 1 aliphatic heterocycles. The van der Waals surface area contributed by atoms with E-state index >= 15 is 0 Å². The van der Waals surface area contributed by atoms with E-state index in [2.05, 4.69) is 19.2 Å². The summed E-state index contributed by atoms with van der Waals surface area (Å²) in [5.74, 6) is 0.661. The number of rotatable bonds is 6. The highest BCUT2D eigenvalue weighted by molar-refractivity contribution is 7.89. The number of benzene rings is 1. The van der Waals surface area contributed by atoms with Crippen molar-refractivity contribution in [3.8, 4) is 0 Å². The summed E-state index contributed by atoms with van der Waals surface area (Å²) in [6.07, 6.45) is 2.17. The number of nitrogens with one attached hydrogen (secondary N) is 1. The van der Waals surface area contributed by atoms with Gasteiger partial charge in [0.2, 0.25) is 15.9 Å². The third-order valence-corrected chi connectivity index (χ3v) is 7.57. The second-order valence-electron chi connectivity index (χ2n) is 7.42. The van der Waals surface area contributed by atoms with Crippen LogP contribution in [0.2, 0.25) is 0 Å². The molecule has 0 unspecified atom stereocenters. The van der Waals surface area contributed by atoms with Gasteiger partial charge in [-0.1, -0.05) is 19.9 Å². The summed E-state index contributed by atoms with van der Waals surface area (Å²) in [6, 6.07) is 10.5.